The minimum atomic E-state index is -3.55. The van der Waals surface area contributed by atoms with Gasteiger partial charge in [-0.25, -0.2) is 23.2 Å². The Morgan fingerprint density at radius 2 is 1.93 bits per heavy atom. The zero-order valence-corrected chi connectivity index (χ0v) is 16.4. The predicted molar refractivity (Wildman–Crippen MR) is 103 cm³/mol. The van der Waals surface area contributed by atoms with Crippen LogP contribution in [-0.4, -0.2) is 46.8 Å². The number of imidazole rings is 1. The minimum absolute atomic E-state index is 0.116. The van der Waals surface area contributed by atoms with Gasteiger partial charge in [0.1, 0.15) is 12.1 Å². The van der Waals surface area contributed by atoms with Crippen LogP contribution in [0.15, 0.2) is 47.9 Å². The molecule has 2 heterocycles. The Balaban J connectivity index is 1.94. The molecule has 0 bridgehead atoms. The van der Waals surface area contributed by atoms with Gasteiger partial charge in [0.25, 0.3) is 0 Å². The lowest BCUT2D eigenvalue weighted by Gasteiger charge is -2.10. The van der Waals surface area contributed by atoms with Gasteiger partial charge >= 0.3 is 5.97 Å². The first kappa shape index (κ1) is 19.5. The SMILES string of the molecule is CCOC(=O)c1ccc(Nc2cc(S(C)(=O)=O)nc(-n3cnc(C)c3)n2)cc1. The molecule has 3 rings (SSSR count). The lowest BCUT2D eigenvalue weighted by molar-refractivity contribution is 0.0526. The number of hydrogen-bond donors (Lipinski definition) is 1. The van der Waals surface area contributed by atoms with E-state index in [1.54, 1.807) is 48.9 Å². The van der Waals surface area contributed by atoms with E-state index >= 15 is 0 Å². The Morgan fingerprint density at radius 3 is 2.50 bits per heavy atom. The summed E-state index contributed by atoms with van der Waals surface area (Å²) in [5.74, 6) is 0.0584. The van der Waals surface area contributed by atoms with E-state index < -0.39 is 15.8 Å². The van der Waals surface area contributed by atoms with Crippen LogP contribution >= 0.6 is 0 Å². The molecule has 0 fully saturated rings. The number of nitrogens with zero attached hydrogens (tertiary/aromatic N) is 4. The number of aromatic nitrogens is 4. The highest BCUT2D eigenvalue weighted by atomic mass is 32.2. The minimum Gasteiger partial charge on any atom is -0.462 e. The number of rotatable bonds is 6. The molecule has 0 aliphatic heterocycles. The van der Waals surface area contributed by atoms with Crippen molar-refractivity contribution in [1.29, 1.82) is 0 Å². The summed E-state index contributed by atoms with van der Waals surface area (Å²) in [5.41, 5.74) is 1.79. The molecule has 146 valence electrons. The van der Waals surface area contributed by atoms with E-state index in [4.69, 9.17) is 4.74 Å². The Labute approximate surface area is 162 Å². The third-order valence-electron chi connectivity index (χ3n) is 3.68. The first-order chi connectivity index (χ1) is 13.3. The lowest BCUT2D eigenvalue weighted by Crippen LogP contribution is -2.09. The Morgan fingerprint density at radius 1 is 1.21 bits per heavy atom. The van der Waals surface area contributed by atoms with Gasteiger partial charge in [-0.05, 0) is 38.1 Å². The molecule has 1 aromatic carbocycles. The van der Waals surface area contributed by atoms with Gasteiger partial charge in [-0.1, -0.05) is 0 Å². The van der Waals surface area contributed by atoms with Gasteiger partial charge in [0.15, 0.2) is 14.9 Å². The van der Waals surface area contributed by atoms with Gasteiger partial charge in [-0.3, -0.25) is 4.57 Å². The van der Waals surface area contributed by atoms with E-state index in [9.17, 15) is 13.2 Å². The number of anilines is 2. The summed E-state index contributed by atoms with van der Waals surface area (Å²) in [6, 6.07) is 7.92. The van der Waals surface area contributed by atoms with Crippen LogP contribution in [0, 0.1) is 6.92 Å². The molecule has 0 saturated heterocycles. The second-order valence-electron chi connectivity index (χ2n) is 6.01. The highest BCUT2D eigenvalue weighted by Crippen LogP contribution is 2.20. The van der Waals surface area contributed by atoms with E-state index in [-0.39, 0.29) is 11.0 Å². The number of aryl methyl sites for hydroxylation is 1. The summed E-state index contributed by atoms with van der Waals surface area (Å²) in [6.45, 7) is 3.84. The van der Waals surface area contributed by atoms with E-state index in [2.05, 4.69) is 20.3 Å². The molecule has 0 atom stereocenters. The quantitative estimate of drug-likeness (QED) is 0.494. The maximum Gasteiger partial charge on any atom is 0.338 e. The molecule has 0 aliphatic carbocycles. The summed E-state index contributed by atoms with van der Waals surface area (Å²) >= 11 is 0. The molecular formula is C18H19N5O4S. The number of nitrogens with one attached hydrogen (secondary N) is 1. The van der Waals surface area contributed by atoms with Crippen LogP contribution in [0.3, 0.4) is 0 Å². The summed E-state index contributed by atoms with van der Waals surface area (Å²) in [6.07, 6.45) is 4.28. The molecule has 10 heteroatoms. The summed E-state index contributed by atoms with van der Waals surface area (Å²) in [4.78, 5) is 24.3. The highest BCUT2D eigenvalue weighted by molar-refractivity contribution is 7.90. The van der Waals surface area contributed by atoms with Crippen molar-refractivity contribution in [3.05, 3.63) is 54.1 Å². The Kier molecular flexibility index (Phi) is 5.41. The van der Waals surface area contributed by atoms with Gasteiger partial charge in [0.2, 0.25) is 5.95 Å². The first-order valence-electron chi connectivity index (χ1n) is 8.40. The summed E-state index contributed by atoms with van der Waals surface area (Å²) < 4.78 is 30.5. The number of carbonyl (C=O) groups excluding carboxylic acids is 1. The maximum atomic E-state index is 12.0. The standard InChI is InChI=1S/C18H19N5O4S/c1-4-27-17(24)13-5-7-14(8-6-13)20-15-9-16(28(3,25)26)22-18(21-15)23-10-12(2)19-11-23/h5-11H,4H2,1-3H3,(H,20,21,22). The normalized spacial score (nSPS) is 11.2. The van der Waals surface area contributed by atoms with Crippen molar-refractivity contribution in [3.63, 3.8) is 0 Å². The molecule has 0 saturated carbocycles. The molecule has 0 unspecified atom stereocenters. The van der Waals surface area contributed by atoms with Gasteiger partial charge in [0.05, 0.1) is 17.9 Å². The molecule has 1 N–H and O–H groups in total. The van der Waals surface area contributed by atoms with Crippen molar-refractivity contribution in [1.82, 2.24) is 19.5 Å². The van der Waals surface area contributed by atoms with Crippen LogP contribution in [0.2, 0.25) is 0 Å². The molecule has 0 amide bonds. The average molecular weight is 401 g/mol. The van der Waals surface area contributed by atoms with Crippen molar-refractivity contribution in [3.8, 4) is 5.95 Å². The number of hydrogen-bond acceptors (Lipinski definition) is 8. The molecule has 2 aromatic heterocycles. The van der Waals surface area contributed by atoms with E-state index in [1.807, 2.05) is 0 Å². The number of esters is 1. The van der Waals surface area contributed by atoms with Crippen LogP contribution in [0.5, 0.6) is 0 Å². The van der Waals surface area contributed by atoms with Gasteiger partial charge in [-0.15, -0.1) is 0 Å². The predicted octanol–water partition coefficient (Wildman–Crippen LogP) is 2.29. The fraction of sp³-hybridized carbons (Fsp3) is 0.222. The van der Waals surface area contributed by atoms with Crippen molar-refractivity contribution in [2.75, 3.05) is 18.2 Å². The van der Waals surface area contributed by atoms with Crippen molar-refractivity contribution in [2.24, 2.45) is 0 Å². The summed E-state index contributed by atoms with van der Waals surface area (Å²) in [5, 5.41) is 2.91. The third kappa shape index (κ3) is 4.52. The second kappa shape index (κ2) is 7.77. The summed E-state index contributed by atoms with van der Waals surface area (Å²) in [7, 11) is -3.55. The zero-order chi connectivity index (χ0) is 20.3. The van der Waals surface area contributed by atoms with Crippen LogP contribution in [0.25, 0.3) is 5.95 Å². The van der Waals surface area contributed by atoms with Crippen LogP contribution in [-0.2, 0) is 14.6 Å². The van der Waals surface area contributed by atoms with E-state index in [1.165, 1.54) is 12.4 Å². The molecule has 3 aromatic rings. The average Bonchev–Trinajstić information content (AvgIpc) is 3.08. The lowest BCUT2D eigenvalue weighted by atomic mass is 10.2. The van der Waals surface area contributed by atoms with E-state index in [0.29, 0.717) is 23.7 Å². The number of carbonyl (C=O) groups is 1. The zero-order valence-electron chi connectivity index (χ0n) is 15.6. The topological polar surface area (TPSA) is 116 Å². The van der Waals surface area contributed by atoms with Crippen molar-refractivity contribution >= 4 is 27.3 Å². The Bertz CT molecular complexity index is 1110. The largest absolute Gasteiger partial charge is 0.462 e. The maximum absolute atomic E-state index is 12.0. The molecule has 0 aliphatic rings. The highest BCUT2D eigenvalue weighted by Gasteiger charge is 2.15. The number of benzene rings is 1. The van der Waals surface area contributed by atoms with Gasteiger partial charge in [-0.2, -0.15) is 4.98 Å². The number of ether oxygens (including phenoxy) is 1. The number of sulfone groups is 1. The van der Waals surface area contributed by atoms with E-state index in [0.717, 1.165) is 11.9 Å². The first-order valence-corrected chi connectivity index (χ1v) is 10.3. The fourth-order valence-corrected chi connectivity index (χ4v) is 2.94. The van der Waals surface area contributed by atoms with Crippen LogP contribution in [0.1, 0.15) is 23.0 Å². The smallest absolute Gasteiger partial charge is 0.338 e. The monoisotopic (exact) mass is 401 g/mol. The van der Waals surface area contributed by atoms with Gasteiger partial charge < -0.3 is 10.1 Å². The molecule has 9 nitrogen and oxygen atoms in total. The van der Waals surface area contributed by atoms with Crippen LogP contribution < -0.4 is 5.32 Å². The van der Waals surface area contributed by atoms with Crippen molar-refractivity contribution < 1.29 is 17.9 Å². The van der Waals surface area contributed by atoms with Crippen LogP contribution in [0.4, 0.5) is 11.5 Å². The molecular weight excluding hydrogens is 382 g/mol. The molecule has 0 spiro atoms. The van der Waals surface area contributed by atoms with Gasteiger partial charge in [0, 0.05) is 24.2 Å². The third-order valence-corrected chi connectivity index (χ3v) is 4.65. The Hall–Kier alpha value is -3.27. The molecule has 0 radical (unpaired) electrons. The molecule has 28 heavy (non-hydrogen) atoms. The van der Waals surface area contributed by atoms with Crippen molar-refractivity contribution in [2.45, 2.75) is 18.9 Å². The second-order valence-corrected chi connectivity index (χ2v) is 7.97. The fourth-order valence-electron chi connectivity index (χ4n) is 2.36.